The molecule has 0 unspecified atom stereocenters. The van der Waals surface area contributed by atoms with Crippen molar-refractivity contribution in [1.82, 2.24) is 4.90 Å². The Kier molecular flexibility index (Phi) is 6.54. The van der Waals surface area contributed by atoms with Gasteiger partial charge in [0.05, 0.1) is 11.4 Å². The normalized spacial score (nSPS) is 15.3. The van der Waals surface area contributed by atoms with E-state index in [0.717, 1.165) is 50.5 Å². The summed E-state index contributed by atoms with van der Waals surface area (Å²) in [5.41, 5.74) is 1.62. The van der Waals surface area contributed by atoms with E-state index in [1.54, 1.807) is 12.1 Å². The molecule has 5 nitrogen and oxygen atoms in total. The lowest BCUT2D eigenvalue weighted by Crippen LogP contribution is -2.46. The molecule has 1 aliphatic heterocycles. The molecule has 0 aliphatic carbocycles. The fraction of sp³-hybridized carbons (Fsp3) is 0.350. The van der Waals surface area contributed by atoms with Crippen LogP contribution in [0.25, 0.3) is 0 Å². The van der Waals surface area contributed by atoms with Crippen molar-refractivity contribution in [3.8, 4) is 5.75 Å². The first-order chi connectivity index (χ1) is 13.7. The maximum atomic E-state index is 12.6. The van der Waals surface area contributed by atoms with Crippen LogP contribution in [0.5, 0.6) is 5.75 Å². The number of alkyl halides is 3. The van der Waals surface area contributed by atoms with Gasteiger partial charge >= 0.3 is 6.36 Å². The van der Waals surface area contributed by atoms with Gasteiger partial charge in [-0.15, -0.1) is 13.2 Å². The van der Waals surface area contributed by atoms with Gasteiger partial charge in [-0.2, -0.15) is 0 Å². The van der Waals surface area contributed by atoms with Gasteiger partial charge in [0.25, 0.3) is 5.91 Å². The van der Waals surface area contributed by atoms with Gasteiger partial charge in [-0.25, -0.2) is 0 Å². The lowest BCUT2D eigenvalue weighted by molar-refractivity contribution is -0.274. The van der Waals surface area contributed by atoms with Crippen LogP contribution in [0.4, 0.5) is 24.5 Å². The highest BCUT2D eigenvalue weighted by atomic mass is 35.5. The summed E-state index contributed by atoms with van der Waals surface area (Å²) in [5.74, 6) is -0.828. The average Bonchev–Trinajstić information content (AvgIpc) is 2.67. The Morgan fingerprint density at radius 3 is 2.34 bits per heavy atom. The van der Waals surface area contributed by atoms with Gasteiger partial charge in [-0.3, -0.25) is 4.79 Å². The highest BCUT2D eigenvalue weighted by Gasteiger charge is 2.31. The molecule has 0 aromatic heterocycles. The molecule has 29 heavy (non-hydrogen) atoms. The van der Waals surface area contributed by atoms with Crippen LogP contribution in [0.1, 0.15) is 17.3 Å². The zero-order valence-electron chi connectivity index (χ0n) is 15.8. The maximum absolute atomic E-state index is 12.6. The molecular weight excluding hydrogens is 407 g/mol. The molecular formula is C20H21ClF3N3O2. The number of halogens is 4. The standard InChI is InChI=1S/C20H21ClF3N3O2/c1-2-26-9-11-27(12-10-26)18-8-5-15(21)13-17(18)25-19(28)14-3-6-16(7-4-14)29-20(22,23)24/h3-8,13H,2,9-12H2,1H3,(H,25,28). The summed E-state index contributed by atoms with van der Waals surface area (Å²) in [6.07, 6.45) is -4.78. The fourth-order valence-corrected chi connectivity index (χ4v) is 3.36. The molecule has 0 bridgehead atoms. The quantitative estimate of drug-likeness (QED) is 0.755. The fourth-order valence-electron chi connectivity index (χ4n) is 3.19. The zero-order valence-corrected chi connectivity index (χ0v) is 16.6. The molecule has 2 aromatic rings. The molecule has 0 atom stereocenters. The van der Waals surface area contributed by atoms with Crippen molar-refractivity contribution in [2.45, 2.75) is 13.3 Å². The number of nitrogens with one attached hydrogen (secondary N) is 1. The zero-order chi connectivity index (χ0) is 21.0. The predicted octanol–water partition coefficient (Wildman–Crippen LogP) is 4.63. The number of carbonyl (C=O) groups excluding carboxylic acids is 1. The van der Waals surface area contributed by atoms with Crippen LogP contribution in [0, 0.1) is 0 Å². The van der Waals surface area contributed by atoms with Crippen LogP contribution in [-0.4, -0.2) is 49.9 Å². The van der Waals surface area contributed by atoms with Crippen molar-refractivity contribution in [1.29, 1.82) is 0 Å². The van der Waals surface area contributed by atoms with E-state index in [4.69, 9.17) is 11.6 Å². The number of benzene rings is 2. The highest BCUT2D eigenvalue weighted by Crippen LogP contribution is 2.31. The van der Waals surface area contributed by atoms with Crippen LogP contribution in [0.15, 0.2) is 42.5 Å². The smallest absolute Gasteiger partial charge is 0.406 e. The topological polar surface area (TPSA) is 44.8 Å². The minimum atomic E-state index is -4.78. The third-order valence-corrected chi connectivity index (χ3v) is 4.95. The molecule has 1 N–H and O–H groups in total. The van der Waals surface area contributed by atoms with E-state index >= 15 is 0 Å². The van der Waals surface area contributed by atoms with E-state index < -0.39 is 12.3 Å². The predicted molar refractivity (Wildman–Crippen MR) is 107 cm³/mol. The molecule has 0 saturated carbocycles. The van der Waals surface area contributed by atoms with E-state index in [-0.39, 0.29) is 11.3 Å². The Morgan fingerprint density at radius 2 is 1.76 bits per heavy atom. The van der Waals surface area contributed by atoms with Crippen molar-refractivity contribution >= 4 is 28.9 Å². The molecule has 9 heteroatoms. The Morgan fingerprint density at radius 1 is 1.10 bits per heavy atom. The first-order valence-corrected chi connectivity index (χ1v) is 9.57. The lowest BCUT2D eigenvalue weighted by Gasteiger charge is -2.36. The Labute approximate surface area is 172 Å². The largest absolute Gasteiger partial charge is 0.573 e. The van der Waals surface area contributed by atoms with Gasteiger partial charge in [-0.05, 0) is 49.0 Å². The maximum Gasteiger partial charge on any atom is 0.573 e. The Bertz CT molecular complexity index is 851. The first-order valence-electron chi connectivity index (χ1n) is 9.19. The summed E-state index contributed by atoms with van der Waals surface area (Å²) in [7, 11) is 0. The van der Waals surface area contributed by atoms with E-state index in [9.17, 15) is 18.0 Å². The van der Waals surface area contributed by atoms with Crippen molar-refractivity contribution in [2.24, 2.45) is 0 Å². The van der Waals surface area contributed by atoms with Crippen molar-refractivity contribution in [3.63, 3.8) is 0 Å². The summed E-state index contributed by atoms with van der Waals surface area (Å²) in [6.45, 7) is 6.60. The number of hydrogen-bond donors (Lipinski definition) is 1. The molecule has 1 amide bonds. The van der Waals surface area contributed by atoms with Crippen molar-refractivity contribution in [3.05, 3.63) is 53.1 Å². The molecule has 1 aliphatic rings. The van der Waals surface area contributed by atoms with Gasteiger partial charge < -0.3 is 19.9 Å². The summed E-state index contributed by atoms with van der Waals surface area (Å²) >= 11 is 6.11. The van der Waals surface area contributed by atoms with Crippen LogP contribution in [0.2, 0.25) is 5.02 Å². The van der Waals surface area contributed by atoms with E-state index in [1.165, 1.54) is 12.1 Å². The van der Waals surface area contributed by atoms with E-state index in [1.807, 2.05) is 6.07 Å². The van der Waals surface area contributed by atoms with E-state index in [2.05, 4.69) is 26.8 Å². The molecule has 3 rings (SSSR count). The number of rotatable bonds is 5. The second kappa shape index (κ2) is 8.92. The van der Waals surface area contributed by atoms with Crippen LogP contribution in [0.3, 0.4) is 0 Å². The van der Waals surface area contributed by atoms with Gasteiger partial charge in [0.1, 0.15) is 5.75 Å². The first kappa shape index (κ1) is 21.3. The monoisotopic (exact) mass is 427 g/mol. The van der Waals surface area contributed by atoms with Gasteiger partial charge in [0.2, 0.25) is 0 Å². The molecule has 2 aromatic carbocycles. The number of nitrogens with zero attached hydrogens (tertiary/aromatic N) is 2. The molecule has 0 radical (unpaired) electrons. The molecule has 1 heterocycles. The molecule has 1 fully saturated rings. The SMILES string of the molecule is CCN1CCN(c2ccc(Cl)cc2NC(=O)c2ccc(OC(F)(F)F)cc2)CC1. The summed E-state index contributed by atoms with van der Waals surface area (Å²) in [4.78, 5) is 17.1. The van der Waals surface area contributed by atoms with E-state index in [0.29, 0.717) is 10.7 Å². The van der Waals surface area contributed by atoms with Gasteiger partial charge in [-0.1, -0.05) is 18.5 Å². The molecule has 0 spiro atoms. The molecule has 156 valence electrons. The average molecular weight is 428 g/mol. The number of carbonyl (C=O) groups is 1. The number of hydrogen-bond acceptors (Lipinski definition) is 4. The van der Waals surface area contributed by atoms with Crippen molar-refractivity contribution in [2.75, 3.05) is 42.9 Å². The summed E-state index contributed by atoms with van der Waals surface area (Å²) in [5, 5.41) is 3.29. The second-order valence-electron chi connectivity index (χ2n) is 6.61. The number of piperazine rings is 1. The van der Waals surface area contributed by atoms with Crippen LogP contribution in [-0.2, 0) is 0 Å². The second-order valence-corrected chi connectivity index (χ2v) is 7.05. The molecule has 1 saturated heterocycles. The Hall–Kier alpha value is -2.45. The van der Waals surface area contributed by atoms with Crippen LogP contribution < -0.4 is 15.0 Å². The number of amides is 1. The third-order valence-electron chi connectivity index (χ3n) is 4.72. The summed E-state index contributed by atoms with van der Waals surface area (Å²) < 4.78 is 40.6. The highest BCUT2D eigenvalue weighted by molar-refractivity contribution is 6.31. The van der Waals surface area contributed by atoms with Gasteiger partial charge in [0.15, 0.2) is 0 Å². The van der Waals surface area contributed by atoms with Crippen LogP contribution >= 0.6 is 11.6 Å². The number of anilines is 2. The minimum absolute atomic E-state index is 0.209. The summed E-state index contributed by atoms with van der Waals surface area (Å²) in [6, 6.07) is 10.1. The Balaban J connectivity index is 1.74. The third kappa shape index (κ3) is 5.77. The lowest BCUT2D eigenvalue weighted by atomic mass is 10.1. The number of ether oxygens (including phenoxy) is 1. The number of likely N-dealkylation sites (N-methyl/N-ethyl adjacent to an activating group) is 1. The van der Waals surface area contributed by atoms with Gasteiger partial charge in [0, 0.05) is 36.8 Å². The minimum Gasteiger partial charge on any atom is -0.406 e. The van der Waals surface area contributed by atoms with Crippen molar-refractivity contribution < 1.29 is 22.7 Å².